The normalized spacial score (nSPS) is 12.2. The molecule has 0 bridgehead atoms. The van der Waals surface area contributed by atoms with E-state index in [0.29, 0.717) is 0 Å². The number of anilines is 6. The van der Waals surface area contributed by atoms with Crippen molar-refractivity contribution in [1.82, 2.24) is 4.57 Å². The van der Waals surface area contributed by atoms with Gasteiger partial charge in [-0.15, -0.1) is 0 Å². The molecule has 0 saturated carbocycles. The van der Waals surface area contributed by atoms with Gasteiger partial charge < -0.3 is 14.4 Å². The molecule has 15 aromatic rings. The maximum atomic E-state index is 2.71. The summed E-state index contributed by atoms with van der Waals surface area (Å²) < 4.78 is 2.51. The molecule has 0 aliphatic carbocycles. The first-order valence-electron chi connectivity index (χ1n) is 30.4. The van der Waals surface area contributed by atoms with Gasteiger partial charge in [-0.25, -0.2) is 0 Å². The SMILES string of the molecule is c1ccc(-c2cccc(-n3c4ccccc4c4c5c(ccc43)B3c4cc(-c6ccccc6)ccc4N(c4c(-c6ccccc6)cccc4-c4ccccc4)c4cc(-c6ccccc6)cc(c43)N5c3c(-c4ccccc4)cccc3-c3ccccc3)c2)cc1. The Morgan fingerprint density at radius 2 is 0.636 bits per heavy atom. The smallest absolute Gasteiger partial charge is 0.252 e. The van der Waals surface area contributed by atoms with Crippen molar-refractivity contribution in [2.24, 2.45) is 0 Å². The third-order valence-corrected chi connectivity index (χ3v) is 18.1. The summed E-state index contributed by atoms with van der Waals surface area (Å²) in [5.74, 6) is 0. The maximum Gasteiger partial charge on any atom is 0.252 e. The third kappa shape index (κ3) is 8.37. The summed E-state index contributed by atoms with van der Waals surface area (Å²) in [6, 6.07) is 126. The van der Waals surface area contributed by atoms with Crippen LogP contribution in [-0.2, 0) is 0 Å². The Kier molecular flexibility index (Phi) is 12.3. The molecule has 4 heteroatoms. The molecule has 17 rings (SSSR count). The number of hydrogen-bond donors (Lipinski definition) is 0. The Morgan fingerprint density at radius 3 is 1.15 bits per heavy atom. The number of para-hydroxylation sites is 3. The second-order valence-electron chi connectivity index (χ2n) is 23.1. The number of rotatable bonds is 10. The van der Waals surface area contributed by atoms with E-state index in [-0.39, 0.29) is 6.71 Å². The van der Waals surface area contributed by atoms with Crippen LogP contribution in [-0.4, -0.2) is 11.3 Å². The molecule has 0 fully saturated rings. The Balaban J connectivity index is 1.07. The number of fused-ring (bicyclic) bond motifs is 8. The molecular weight excluding hydrogens is 1060 g/mol. The second kappa shape index (κ2) is 21.3. The van der Waals surface area contributed by atoms with Gasteiger partial charge in [0.25, 0.3) is 6.71 Å². The predicted octanol–water partition coefficient (Wildman–Crippen LogP) is 20.5. The minimum Gasteiger partial charge on any atom is -0.310 e. The van der Waals surface area contributed by atoms with Gasteiger partial charge in [0.05, 0.1) is 28.1 Å². The van der Waals surface area contributed by atoms with Crippen molar-refractivity contribution in [2.45, 2.75) is 0 Å². The number of benzene rings is 14. The summed E-state index contributed by atoms with van der Waals surface area (Å²) in [6.45, 7) is -0.225. The van der Waals surface area contributed by atoms with Crippen LogP contribution >= 0.6 is 0 Å². The van der Waals surface area contributed by atoms with Crippen molar-refractivity contribution < 1.29 is 0 Å². The van der Waals surface area contributed by atoms with E-state index < -0.39 is 0 Å². The van der Waals surface area contributed by atoms with Crippen LogP contribution in [0.4, 0.5) is 34.1 Å². The monoisotopic (exact) mass is 1120 g/mol. The zero-order valence-corrected chi connectivity index (χ0v) is 48.3. The summed E-state index contributed by atoms with van der Waals surface area (Å²) in [5.41, 5.74) is 30.1. The average molecular weight is 1120 g/mol. The Morgan fingerprint density at radius 1 is 0.227 bits per heavy atom. The van der Waals surface area contributed by atoms with E-state index in [1.165, 1.54) is 55.1 Å². The zero-order chi connectivity index (χ0) is 58.1. The fraction of sp³-hybridized carbons (Fsp3) is 0. The fourth-order valence-corrected chi connectivity index (χ4v) is 14.3. The lowest BCUT2D eigenvalue weighted by molar-refractivity contribution is 1.18. The number of nitrogens with zero attached hydrogens (tertiary/aromatic N) is 3. The van der Waals surface area contributed by atoms with Gasteiger partial charge in [-0.05, 0) is 114 Å². The number of hydrogen-bond acceptors (Lipinski definition) is 2. The molecular formula is C84H56BN3. The van der Waals surface area contributed by atoms with Crippen molar-refractivity contribution >= 4 is 79.0 Å². The zero-order valence-electron chi connectivity index (χ0n) is 48.3. The maximum absolute atomic E-state index is 2.71. The molecule has 410 valence electrons. The molecule has 2 aliphatic heterocycles. The van der Waals surface area contributed by atoms with Crippen LogP contribution in [0.2, 0.25) is 0 Å². The molecule has 3 nitrogen and oxygen atoms in total. The quantitative estimate of drug-likeness (QED) is 0.126. The van der Waals surface area contributed by atoms with Crippen LogP contribution in [0, 0.1) is 0 Å². The largest absolute Gasteiger partial charge is 0.310 e. The van der Waals surface area contributed by atoms with Crippen LogP contribution < -0.4 is 26.2 Å². The molecule has 1 aromatic heterocycles. The van der Waals surface area contributed by atoms with E-state index in [0.717, 1.165) is 101 Å². The lowest BCUT2D eigenvalue weighted by atomic mass is 9.33. The Labute approximate surface area is 513 Å². The highest BCUT2D eigenvalue weighted by Gasteiger charge is 2.46. The molecule has 0 N–H and O–H groups in total. The molecule has 0 amide bonds. The molecule has 0 atom stereocenters. The highest BCUT2D eigenvalue weighted by molar-refractivity contribution is 7.00. The molecule has 0 unspecified atom stereocenters. The minimum atomic E-state index is -0.225. The van der Waals surface area contributed by atoms with Crippen LogP contribution in [0.3, 0.4) is 0 Å². The summed E-state index contributed by atoms with van der Waals surface area (Å²) in [5, 5.41) is 2.38. The van der Waals surface area contributed by atoms with Crippen LogP contribution in [0.15, 0.2) is 340 Å². The van der Waals surface area contributed by atoms with E-state index in [1.54, 1.807) is 0 Å². The van der Waals surface area contributed by atoms with Gasteiger partial charge in [0.15, 0.2) is 0 Å². The first-order chi connectivity index (χ1) is 43.7. The fourth-order valence-electron chi connectivity index (χ4n) is 14.3. The summed E-state index contributed by atoms with van der Waals surface area (Å²) in [7, 11) is 0. The van der Waals surface area contributed by atoms with Crippen LogP contribution in [0.25, 0.3) is 105 Å². The average Bonchev–Trinajstić information content (AvgIpc) is 0.972. The first-order valence-corrected chi connectivity index (χ1v) is 30.4. The van der Waals surface area contributed by atoms with Crippen molar-refractivity contribution in [3.63, 3.8) is 0 Å². The third-order valence-electron chi connectivity index (χ3n) is 18.1. The lowest BCUT2D eigenvalue weighted by Crippen LogP contribution is -2.61. The standard InChI is InChI=1S/C84H56BN3/c1-8-27-57(28-9-1)64-41-24-42-67(53-64)86-75-48-23-22-43-72(75)80-77(86)52-50-73-84(80)88(83-70(62-37-18-6-19-38-62)46-26-47-71(83)63-39-20-7-21-40-63)79-56-66(59-31-12-3-13-32-59)55-78-81(79)85(73)74-54-65(58-29-10-2-11-30-58)49-51-76(74)87(78)82-68(60-33-14-4-15-34-60)44-25-45-69(82)61-35-16-5-17-36-61/h1-56H. The molecule has 3 heterocycles. The Hall–Kier alpha value is -11.5. The predicted molar refractivity (Wildman–Crippen MR) is 373 cm³/mol. The molecule has 88 heavy (non-hydrogen) atoms. The summed E-state index contributed by atoms with van der Waals surface area (Å²) >= 11 is 0. The first kappa shape index (κ1) is 51.0. The summed E-state index contributed by atoms with van der Waals surface area (Å²) in [4.78, 5) is 5.36. The van der Waals surface area contributed by atoms with E-state index >= 15 is 0 Å². The molecule has 0 spiro atoms. The molecule has 14 aromatic carbocycles. The van der Waals surface area contributed by atoms with Gasteiger partial charge >= 0.3 is 0 Å². The van der Waals surface area contributed by atoms with E-state index in [9.17, 15) is 0 Å². The molecule has 0 saturated heterocycles. The van der Waals surface area contributed by atoms with Gasteiger partial charge in [-0.3, -0.25) is 0 Å². The van der Waals surface area contributed by atoms with E-state index in [4.69, 9.17) is 0 Å². The summed E-state index contributed by atoms with van der Waals surface area (Å²) in [6.07, 6.45) is 0. The second-order valence-corrected chi connectivity index (χ2v) is 23.1. The highest BCUT2D eigenvalue weighted by Crippen LogP contribution is 2.55. The molecule has 2 aliphatic rings. The van der Waals surface area contributed by atoms with Crippen LogP contribution in [0.1, 0.15) is 0 Å². The van der Waals surface area contributed by atoms with Gasteiger partial charge in [0, 0.05) is 55.8 Å². The van der Waals surface area contributed by atoms with Gasteiger partial charge in [0.2, 0.25) is 0 Å². The number of aromatic nitrogens is 1. The van der Waals surface area contributed by atoms with Gasteiger partial charge in [-0.1, -0.05) is 297 Å². The molecule has 0 radical (unpaired) electrons. The van der Waals surface area contributed by atoms with Gasteiger partial charge in [0.1, 0.15) is 0 Å². The topological polar surface area (TPSA) is 11.4 Å². The van der Waals surface area contributed by atoms with Crippen molar-refractivity contribution in [3.8, 4) is 83.6 Å². The minimum absolute atomic E-state index is 0.225. The van der Waals surface area contributed by atoms with Crippen molar-refractivity contribution in [1.29, 1.82) is 0 Å². The van der Waals surface area contributed by atoms with Crippen molar-refractivity contribution in [3.05, 3.63) is 340 Å². The van der Waals surface area contributed by atoms with Gasteiger partial charge in [-0.2, -0.15) is 0 Å². The Bertz CT molecular complexity index is 5010. The van der Waals surface area contributed by atoms with E-state index in [1.807, 2.05) is 0 Å². The van der Waals surface area contributed by atoms with Crippen molar-refractivity contribution in [2.75, 3.05) is 9.80 Å². The highest BCUT2D eigenvalue weighted by atomic mass is 15.2. The lowest BCUT2D eigenvalue weighted by Gasteiger charge is -2.46. The van der Waals surface area contributed by atoms with E-state index in [2.05, 4.69) is 354 Å². The van der Waals surface area contributed by atoms with Crippen LogP contribution in [0.5, 0.6) is 0 Å².